The van der Waals surface area contributed by atoms with Gasteiger partial charge < -0.3 is 4.74 Å². The molecule has 0 unspecified atom stereocenters. The average Bonchev–Trinajstić information content (AvgIpc) is 3.05. The van der Waals surface area contributed by atoms with E-state index in [4.69, 9.17) is 4.74 Å². The molecule has 1 spiro atoms. The summed E-state index contributed by atoms with van der Waals surface area (Å²) in [7, 11) is 0. The monoisotopic (exact) mass is 433 g/mol. The minimum atomic E-state index is -4.33. The van der Waals surface area contributed by atoms with Crippen molar-refractivity contribution in [3.8, 4) is 0 Å². The van der Waals surface area contributed by atoms with Crippen molar-refractivity contribution < 1.29 is 27.5 Å². The number of aldehydes is 1. The standard InChI is InChI=1S/C22H22F3N3O3/c23-22(24,25)18-4-1-16(2-5-18)12-27-9-7-21(8-10-27)15-28(20(30)31-21)13-19-6-3-17(14-29)11-26-19/h1-6,11,14H,7-10,12-13,15H2. The number of benzene rings is 1. The average molecular weight is 433 g/mol. The van der Waals surface area contributed by atoms with Crippen LogP contribution >= 0.6 is 0 Å². The van der Waals surface area contributed by atoms with E-state index in [1.54, 1.807) is 17.0 Å². The molecule has 0 radical (unpaired) electrons. The second kappa shape index (κ2) is 8.30. The number of pyridine rings is 1. The van der Waals surface area contributed by atoms with Crippen LogP contribution in [0.2, 0.25) is 0 Å². The van der Waals surface area contributed by atoms with Crippen molar-refractivity contribution in [1.82, 2.24) is 14.8 Å². The van der Waals surface area contributed by atoms with Crippen molar-refractivity contribution >= 4 is 12.4 Å². The summed E-state index contributed by atoms with van der Waals surface area (Å²) in [5.41, 5.74) is 0.779. The van der Waals surface area contributed by atoms with E-state index >= 15 is 0 Å². The van der Waals surface area contributed by atoms with Crippen molar-refractivity contribution in [2.24, 2.45) is 0 Å². The van der Waals surface area contributed by atoms with Gasteiger partial charge in [0, 0.05) is 44.2 Å². The molecule has 0 N–H and O–H groups in total. The molecule has 164 valence electrons. The van der Waals surface area contributed by atoms with Crippen molar-refractivity contribution in [2.45, 2.75) is 37.7 Å². The fraction of sp³-hybridized carbons (Fsp3) is 0.409. The van der Waals surface area contributed by atoms with Crippen LogP contribution in [0.15, 0.2) is 42.6 Å². The Kier molecular flexibility index (Phi) is 5.70. The molecule has 9 heteroatoms. The van der Waals surface area contributed by atoms with Crippen LogP contribution < -0.4 is 0 Å². The second-order valence-corrected chi connectivity index (χ2v) is 8.08. The number of carbonyl (C=O) groups excluding carboxylic acids is 2. The molecule has 31 heavy (non-hydrogen) atoms. The van der Waals surface area contributed by atoms with Gasteiger partial charge in [0.05, 0.1) is 24.3 Å². The van der Waals surface area contributed by atoms with Gasteiger partial charge >= 0.3 is 12.3 Å². The third kappa shape index (κ3) is 4.87. The van der Waals surface area contributed by atoms with Crippen LogP contribution in [0.3, 0.4) is 0 Å². The summed E-state index contributed by atoms with van der Waals surface area (Å²) in [5.74, 6) is 0. The molecule has 2 aromatic rings. The number of halogens is 3. The zero-order valence-electron chi connectivity index (χ0n) is 16.8. The Labute approximate surface area is 177 Å². The molecule has 6 nitrogen and oxygen atoms in total. The molecule has 0 bridgehead atoms. The van der Waals surface area contributed by atoms with E-state index in [2.05, 4.69) is 9.88 Å². The summed E-state index contributed by atoms with van der Waals surface area (Å²) in [6.45, 7) is 2.72. The molecule has 1 amide bonds. The highest BCUT2D eigenvalue weighted by atomic mass is 19.4. The van der Waals surface area contributed by atoms with E-state index in [9.17, 15) is 22.8 Å². The molecule has 2 fully saturated rings. The lowest BCUT2D eigenvalue weighted by Gasteiger charge is -2.37. The maximum absolute atomic E-state index is 12.7. The molecule has 0 atom stereocenters. The fourth-order valence-corrected chi connectivity index (χ4v) is 4.05. The van der Waals surface area contributed by atoms with Crippen LogP contribution in [0.1, 0.15) is 40.0 Å². The summed E-state index contributed by atoms with van der Waals surface area (Å²) in [6.07, 6.45) is -1.20. The van der Waals surface area contributed by atoms with Gasteiger partial charge in [-0.2, -0.15) is 13.2 Å². The number of carbonyl (C=O) groups is 2. The number of piperidine rings is 1. The van der Waals surface area contributed by atoms with Gasteiger partial charge in [-0.3, -0.25) is 19.6 Å². The summed E-state index contributed by atoms with van der Waals surface area (Å²) in [6, 6.07) is 8.60. The van der Waals surface area contributed by atoms with Crippen LogP contribution in [0.5, 0.6) is 0 Å². The normalized spacial score (nSPS) is 18.9. The van der Waals surface area contributed by atoms with Gasteiger partial charge in [-0.05, 0) is 29.8 Å². The predicted octanol–water partition coefficient (Wildman–Crippen LogP) is 3.90. The van der Waals surface area contributed by atoms with Gasteiger partial charge in [0.1, 0.15) is 5.60 Å². The Balaban J connectivity index is 1.31. The third-order valence-electron chi connectivity index (χ3n) is 5.83. The van der Waals surface area contributed by atoms with E-state index in [1.807, 2.05) is 0 Å². The fourth-order valence-electron chi connectivity index (χ4n) is 4.05. The minimum Gasteiger partial charge on any atom is -0.441 e. The molecule has 3 heterocycles. The Morgan fingerprint density at radius 2 is 1.77 bits per heavy atom. The summed E-state index contributed by atoms with van der Waals surface area (Å²) in [4.78, 5) is 31.1. The first kappa shape index (κ1) is 21.3. The number of likely N-dealkylation sites (tertiary alicyclic amines) is 1. The summed E-state index contributed by atoms with van der Waals surface area (Å²) < 4.78 is 43.8. The Morgan fingerprint density at radius 1 is 1.06 bits per heavy atom. The van der Waals surface area contributed by atoms with Crippen LogP contribution in [0.25, 0.3) is 0 Å². The molecule has 1 aromatic heterocycles. The number of amides is 1. The molecule has 1 aromatic carbocycles. The summed E-state index contributed by atoms with van der Waals surface area (Å²) >= 11 is 0. The van der Waals surface area contributed by atoms with Crippen molar-refractivity contribution in [2.75, 3.05) is 19.6 Å². The molecule has 2 aliphatic heterocycles. The molecule has 4 rings (SSSR count). The van der Waals surface area contributed by atoms with Crippen LogP contribution in [-0.4, -0.2) is 52.4 Å². The summed E-state index contributed by atoms with van der Waals surface area (Å²) in [5, 5.41) is 0. The zero-order chi connectivity index (χ0) is 22.1. The van der Waals surface area contributed by atoms with Gasteiger partial charge in [-0.15, -0.1) is 0 Å². The molecule has 0 aliphatic carbocycles. The molecule has 0 saturated carbocycles. The number of aromatic nitrogens is 1. The largest absolute Gasteiger partial charge is 0.441 e. The predicted molar refractivity (Wildman–Crippen MR) is 105 cm³/mol. The van der Waals surface area contributed by atoms with Gasteiger partial charge in [-0.1, -0.05) is 12.1 Å². The molecule has 2 saturated heterocycles. The van der Waals surface area contributed by atoms with Gasteiger partial charge in [0.2, 0.25) is 0 Å². The van der Waals surface area contributed by atoms with E-state index in [-0.39, 0.29) is 6.09 Å². The zero-order valence-corrected chi connectivity index (χ0v) is 16.8. The maximum Gasteiger partial charge on any atom is 0.416 e. The van der Waals surface area contributed by atoms with E-state index in [1.165, 1.54) is 18.3 Å². The highest BCUT2D eigenvalue weighted by Gasteiger charge is 2.46. The molecule has 2 aliphatic rings. The first-order chi connectivity index (χ1) is 14.8. The third-order valence-corrected chi connectivity index (χ3v) is 5.83. The molecular formula is C22H22F3N3O3. The van der Waals surface area contributed by atoms with E-state index in [0.717, 1.165) is 17.7 Å². The SMILES string of the molecule is O=Cc1ccc(CN2CC3(CCN(Cc4ccc(C(F)(F)F)cc4)CC3)OC2=O)nc1. The first-order valence-electron chi connectivity index (χ1n) is 10.0. The van der Waals surface area contributed by atoms with E-state index < -0.39 is 17.3 Å². The number of rotatable bonds is 5. The lowest BCUT2D eigenvalue weighted by molar-refractivity contribution is -0.137. The minimum absolute atomic E-state index is 0.314. The smallest absolute Gasteiger partial charge is 0.416 e. The Hall–Kier alpha value is -2.94. The number of ether oxygens (including phenoxy) is 1. The topological polar surface area (TPSA) is 62.7 Å². The maximum atomic E-state index is 12.7. The molecular weight excluding hydrogens is 411 g/mol. The van der Waals surface area contributed by atoms with E-state index in [0.29, 0.717) is 63.1 Å². The number of hydrogen-bond donors (Lipinski definition) is 0. The Morgan fingerprint density at radius 3 is 2.35 bits per heavy atom. The van der Waals surface area contributed by atoms with Crippen molar-refractivity contribution in [1.29, 1.82) is 0 Å². The lowest BCUT2D eigenvalue weighted by atomic mass is 9.91. The van der Waals surface area contributed by atoms with Crippen LogP contribution in [0, 0.1) is 0 Å². The van der Waals surface area contributed by atoms with Gasteiger partial charge in [0.25, 0.3) is 0 Å². The van der Waals surface area contributed by atoms with Crippen LogP contribution in [0.4, 0.5) is 18.0 Å². The van der Waals surface area contributed by atoms with Crippen molar-refractivity contribution in [3.63, 3.8) is 0 Å². The highest BCUT2D eigenvalue weighted by Crippen LogP contribution is 2.34. The number of nitrogens with zero attached hydrogens (tertiary/aromatic N) is 3. The van der Waals surface area contributed by atoms with Crippen LogP contribution in [-0.2, 0) is 24.0 Å². The lowest BCUT2D eigenvalue weighted by Crippen LogP contribution is -2.46. The van der Waals surface area contributed by atoms with Gasteiger partial charge in [0.15, 0.2) is 6.29 Å². The number of alkyl halides is 3. The number of hydrogen-bond acceptors (Lipinski definition) is 5. The van der Waals surface area contributed by atoms with Crippen molar-refractivity contribution in [3.05, 3.63) is 65.0 Å². The van der Waals surface area contributed by atoms with Gasteiger partial charge in [-0.25, -0.2) is 4.79 Å². The Bertz CT molecular complexity index is 937. The first-order valence-corrected chi connectivity index (χ1v) is 10.0. The quantitative estimate of drug-likeness (QED) is 0.670. The second-order valence-electron chi connectivity index (χ2n) is 8.08. The highest BCUT2D eigenvalue weighted by molar-refractivity contribution is 5.74.